The standard InChI is InChI=1S/C18H21F3N4O3/c1-10(2)14-16(28-13-6-3-5-12(24-13)18(19,20)21)15(27)11(26)9-25(14)17-22-7-4-8-23-17/h3-8,10-11,14-16,26-27H,9H2,1-2H3/t11-,14?,15-,16-/m0/s1. The molecule has 28 heavy (non-hydrogen) atoms. The first-order valence-electron chi connectivity index (χ1n) is 8.79. The summed E-state index contributed by atoms with van der Waals surface area (Å²) in [4.78, 5) is 13.6. The SMILES string of the molecule is CC(C)C1[C@H](Oc2cccc(C(F)(F)F)n2)[C@@H](O)[C@@H](O)CN1c1ncccn1. The summed E-state index contributed by atoms with van der Waals surface area (Å²) in [6, 6.07) is 4.44. The Bertz CT molecular complexity index is 791. The number of aromatic nitrogens is 3. The highest BCUT2D eigenvalue weighted by molar-refractivity contribution is 5.35. The van der Waals surface area contributed by atoms with Crippen molar-refractivity contribution in [2.45, 2.75) is 44.4 Å². The van der Waals surface area contributed by atoms with E-state index in [1.165, 1.54) is 12.1 Å². The lowest BCUT2D eigenvalue weighted by molar-refractivity contribution is -0.141. The average molecular weight is 398 g/mol. The van der Waals surface area contributed by atoms with Crippen LogP contribution in [0.2, 0.25) is 0 Å². The molecule has 3 rings (SSSR count). The van der Waals surface area contributed by atoms with Crippen molar-refractivity contribution in [1.29, 1.82) is 0 Å². The third-order valence-corrected chi connectivity index (χ3v) is 4.57. The van der Waals surface area contributed by atoms with E-state index >= 15 is 0 Å². The molecule has 0 saturated carbocycles. The number of anilines is 1. The molecule has 0 radical (unpaired) electrons. The fourth-order valence-electron chi connectivity index (χ4n) is 3.34. The minimum absolute atomic E-state index is 0.0594. The number of hydrogen-bond acceptors (Lipinski definition) is 7. The van der Waals surface area contributed by atoms with E-state index in [1.807, 2.05) is 13.8 Å². The van der Waals surface area contributed by atoms with Crippen LogP contribution in [0.25, 0.3) is 0 Å². The van der Waals surface area contributed by atoms with E-state index in [0.29, 0.717) is 5.95 Å². The molecule has 0 amide bonds. The van der Waals surface area contributed by atoms with Crippen LogP contribution in [0.1, 0.15) is 19.5 Å². The van der Waals surface area contributed by atoms with Crippen molar-refractivity contribution >= 4 is 5.95 Å². The smallest absolute Gasteiger partial charge is 0.433 e. The molecule has 3 heterocycles. The van der Waals surface area contributed by atoms with Crippen LogP contribution in [0.5, 0.6) is 5.88 Å². The number of aliphatic hydroxyl groups excluding tert-OH is 2. The lowest BCUT2D eigenvalue weighted by Crippen LogP contribution is -2.65. The number of nitrogens with zero attached hydrogens (tertiary/aromatic N) is 4. The van der Waals surface area contributed by atoms with Gasteiger partial charge >= 0.3 is 6.18 Å². The van der Waals surface area contributed by atoms with Gasteiger partial charge in [0.2, 0.25) is 11.8 Å². The molecular weight excluding hydrogens is 377 g/mol. The number of halogens is 3. The van der Waals surface area contributed by atoms with Crippen molar-refractivity contribution in [3.8, 4) is 5.88 Å². The summed E-state index contributed by atoms with van der Waals surface area (Å²) < 4.78 is 44.5. The van der Waals surface area contributed by atoms with Gasteiger partial charge in [-0.25, -0.2) is 15.0 Å². The molecule has 2 aromatic rings. The molecule has 1 unspecified atom stereocenters. The van der Waals surface area contributed by atoms with Gasteiger partial charge in [-0.2, -0.15) is 13.2 Å². The Kier molecular flexibility index (Phi) is 5.71. The number of alkyl halides is 3. The predicted molar refractivity (Wildman–Crippen MR) is 93.7 cm³/mol. The lowest BCUT2D eigenvalue weighted by atomic mass is 9.87. The molecule has 0 spiro atoms. The van der Waals surface area contributed by atoms with Gasteiger partial charge in [0.05, 0.1) is 6.04 Å². The number of ether oxygens (including phenoxy) is 1. The lowest BCUT2D eigenvalue weighted by Gasteiger charge is -2.47. The Hall–Kier alpha value is -2.46. The molecule has 4 atom stereocenters. The van der Waals surface area contributed by atoms with Crippen LogP contribution in [-0.2, 0) is 6.18 Å². The Morgan fingerprint density at radius 2 is 1.82 bits per heavy atom. The molecule has 1 saturated heterocycles. The van der Waals surface area contributed by atoms with Crippen LogP contribution in [0.15, 0.2) is 36.7 Å². The quantitative estimate of drug-likeness (QED) is 0.813. The van der Waals surface area contributed by atoms with Crippen molar-refractivity contribution in [1.82, 2.24) is 15.0 Å². The van der Waals surface area contributed by atoms with Crippen LogP contribution in [0, 0.1) is 5.92 Å². The molecule has 0 aromatic carbocycles. The van der Waals surface area contributed by atoms with E-state index in [2.05, 4.69) is 15.0 Å². The molecule has 7 nitrogen and oxygen atoms in total. The van der Waals surface area contributed by atoms with Gasteiger partial charge in [0.25, 0.3) is 0 Å². The van der Waals surface area contributed by atoms with Crippen LogP contribution in [0.3, 0.4) is 0 Å². The molecule has 2 aromatic heterocycles. The number of rotatable bonds is 4. The first-order chi connectivity index (χ1) is 13.2. The summed E-state index contributed by atoms with van der Waals surface area (Å²) in [5, 5.41) is 20.8. The molecule has 0 aliphatic carbocycles. The van der Waals surface area contributed by atoms with Crippen molar-refractivity contribution in [2.75, 3.05) is 11.4 Å². The van der Waals surface area contributed by atoms with Crippen LogP contribution >= 0.6 is 0 Å². The summed E-state index contributed by atoms with van der Waals surface area (Å²) in [7, 11) is 0. The van der Waals surface area contributed by atoms with E-state index in [1.54, 1.807) is 23.4 Å². The van der Waals surface area contributed by atoms with E-state index in [-0.39, 0.29) is 18.3 Å². The average Bonchev–Trinajstić information content (AvgIpc) is 2.65. The van der Waals surface area contributed by atoms with Crippen molar-refractivity contribution < 1.29 is 28.1 Å². The maximum absolute atomic E-state index is 12.9. The first kappa shape index (κ1) is 20.3. The van der Waals surface area contributed by atoms with Gasteiger partial charge in [0.1, 0.15) is 24.0 Å². The van der Waals surface area contributed by atoms with Crippen molar-refractivity contribution in [2.24, 2.45) is 5.92 Å². The number of aliphatic hydroxyl groups is 2. The summed E-state index contributed by atoms with van der Waals surface area (Å²) >= 11 is 0. The minimum Gasteiger partial charge on any atom is -0.469 e. The van der Waals surface area contributed by atoms with E-state index in [9.17, 15) is 23.4 Å². The van der Waals surface area contributed by atoms with Crippen LogP contribution in [0.4, 0.5) is 19.1 Å². The zero-order chi connectivity index (χ0) is 20.5. The number of piperidine rings is 1. The molecular formula is C18H21F3N4O3. The van der Waals surface area contributed by atoms with E-state index < -0.39 is 36.2 Å². The summed E-state index contributed by atoms with van der Waals surface area (Å²) in [5.41, 5.74) is -1.10. The molecule has 152 valence electrons. The van der Waals surface area contributed by atoms with Gasteiger partial charge in [0, 0.05) is 25.0 Å². The highest BCUT2D eigenvalue weighted by Gasteiger charge is 2.46. The molecule has 0 bridgehead atoms. The Morgan fingerprint density at radius 3 is 2.43 bits per heavy atom. The van der Waals surface area contributed by atoms with E-state index in [4.69, 9.17) is 4.74 Å². The Balaban J connectivity index is 1.94. The Morgan fingerprint density at radius 1 is 1.14 bits per heavy atom. The topological polar surface area (TPSA) is 91.6 Å². The zero-order valence-corrected chi connectivity index (χ0v) is 15.3. The van der Waals surface area contributed by atoms with Gasteiger partial charge in [-0.05, 0) is 18.1 Å². The second-order valence-electron chi connectivity index (χ2n) is 6.93. The molecule has 1 fully saturated rings. The number of hydrogen-bond donors (Lipinski definition) is 2. The monoisotopic (exact) mass is 398 g/mol. The fraction of sp³-hybridized carbons (Fsp3) is 0.500. The van der Waals surface area contributed by atoms with E-state index in [0.717, 1.165) is 6.07 Å². The van der Waals surface area contributed by atoms with Crippen molar-refractivity contribution in [3.05, 3.63) is 42.4 Å². The zero-order valence-electron chi connectivity index (χ0n) is 15.3. The number of pyridine rings is 1. The van der Waals surface area contributed by atoms with Gasteiger partial charge in [-0.3, -0.25) is 0 Å². The second kappa shape index (κ2) is 7.88. The van der Waals surface area contributed by atoms with Gasteiger partial charge < -0.3 is 19.8 Å². The van der Waals surface area contributed by atoms with Crippen LogP contribution in [-0.4, -0.2) is 56.1 Å². The largest absolute Gasteiger partial charge is 0.469 e. The maximum Gasteiger partial charge on any atom is 0.433 e. The maximum atomic E-state index is 12.9. The third kappa shape index (κ3) is 4.17. The summed E-state index contributed by atoms with van der Waals surface area (Å²) in [5.74, 6) is -0.0490. The predicted octanol–water partition coefficient (Wildman–Crippen LogP) is 1.90. The fourth-order valence-corrected chi connectivity index (χ4v) is 3.34. The minimum atomic E-state index is -4.62. The van der Waals surface area contributed by atoms with Gasteiger partial charge in [0.15, 0.2) is 0 Å². The normalized spacial score (nSPS) is 25.8. The Labute approximate surface area is 159 Å². The molecule has 10 heteroatoms. The second-order valence-corrected chi connectivity index (χ2v) is 6.93. The summed E-state index contributed by atoms with van der Waals surface area (Å²) in [6.45, 7) is 3.81. The number of β-amino-alcohol motifs (C(OH)–C–C–N with tert-alkyl or cyclic N) is 1. The highest BCUT2D eigenvalue weighted by atomic mass is 19.4. The highest BCUT2D eigenvalue weighted by Crippen LogP contribution is 2.32. The first-order valence-corrected chi connectivity index (χ1v) is 8.79. The molecule has 1 aliphatic heterocycles. The van der Waals surface area contributed by atoms with Crippen LogP contribution < -0.4 is 9.64 Å². The van der Waals surface area contributed by atoms with Gasteiger partial charge in [-0.1, -0.05) is 19.9 Å². The molecule has 2 N–H and O–H groups in total. The third-order valence-electron chi connectivity index (χ3n) is 4.57. The van der Waals surface area contributed by atoms with Gasteiger partial charge in [-0.15, -0.1) is 0 Å². The summed E-state index contributed by atoms with van der Waals surface area (Å²) in [6.07, 6.45) is -5.09. The molecule has 1 aliphatic rings. The van der Waals surface area contributed by atoms with Crippen molar-refractivity contribution in [3.63, 3.8) is 0 Å².